The average Bonchev–Trinajstić information content (AvgIpc) is 2.43. The fourth-order valence-corrected chi connectivity index (χ4v) is 1.89. The van der Waals surface area contributed by atoms with Gasteiger partial charge in [0.15, 0.2) is 0 Å². The van der Waals surface area contributed by atoms with Gasteiger partial charge in [0, 0.05) is 31.0 Å². The molecule has 1 aromatic carbocycles. The first kappa shape index (κ1) is 10.5. The number of nitrogens with zero attached hydrogens (tertiary/aromatic N) is 5. The first-order chi connectivity index (χ1) is 8.83. The predicted octanol–water partition coefficient (Wildman–Crippen LogP) is 1.88. The van der Waals surface area contributed by atoms with Crippen LogP contribution in [-0.4, -0.2) is 26.2 Å². The van der Waals surface area contributed by atoms with Crippen molar-refractivity contribution in [3.63, 3.8) is 0 Å². The fraction of sp³-hybridized carbons (Fsp3) is 0.0833. The van der Waals surface area contributed by atoms with E-state index in [0.29, 0.717) is 33.4 Å². The molecule has 2 heterocycles. The van der Waals surface area contributed by atoms with E-state index in [0.717, 1.165) is 0 Å². The number of hydrogen-bond acceptors (Lipinski definition) is 6. The van der Waals surface area contributed by atoms with Crippen molar-refractivity contribution in [3.8, 4) is 0 Å². The van der Waals surface area contributed by atoms with Crippen LogP contribution in [0.5, 0.6) is 0 Å². The van der Waals surface area contributed by atoms with Crippen LogP contribution in [0.15, 0.2) is 29.8 Å². The van der Waals surface area contributed by atoms with Gasteiger partial charge in [0.2, 0.25) is 0 Å². The van der Waals surface area contributed by atoms with E-state index in [4.69, 9.17) is 5.73 Å². The lowest BCUT2D eigenvalue weighted by Gasteiger charge is -2.07. The number of fused-ring (bicyclic) bond motifs is 3. The number of rotatable bonds is 1. The Labute approximate surface area is 103 Å². The number of aromatic nitrogens is 4. The van der Waals surface area contributed by atoms with E-state index in [1.807, 2.05) is 6.92 Å². The van der Waals surface area contributed by atoms with Crippen molar-refractivity contribution < 1.29 is 0 Å². The standard InChI is InChI=1S/C12H10N6/c1-2-14-8-7(13)9-11(17-4-3-15-9)12-10(8)16-5-6-18-12/h2-6H,13H2,1H3. The smallest absolute Gasteiger partial charge is 0.119 e. The van der Waals surface area contributed by atoms with Crippen LogP contribution >= 0.6 is 0 Å². The van der Waals surface area contributed by atoms with Crippen LogP contribution in [0.4, 0.5) is 11.4 Å². The molecule has 0 radical (unpaired) electrons. The maximum Gasteiger partial charge on any atom is 0.119 e. The molecular weight excluding hydrogens is 228 g/mol. The van der Waals surface area contributed by atoms with Crippen LogP contribution in [0.2, 0.25) is 0 Å². The molecule has 0 bridgehead atoms. The van der Waals surface area contributed by atoms with Crippen LogP contribution in [-0.2, 0) is 0 Å². The van der Waals surface area contributed by atoms with Gasteiger partial charge in [0.25, 0.3) is 0 Å². The molecular formula is C12H10N6. The molecule has 88 valence electrons. The van der Waals surface area contributed by atoms with E-state index >= 15 is 0 Å². The molecule has 2 N–H and O–H groups in total. The van der Waals surface area contributed by atoms with Gasteiger partial charge in [-0.05, 0) is 6.92 Å². The number of hydrogen-bond donors (Lipinski definition) is 1. The summed E-state index contributed by atoms with van der Waals surface area (Å²) in [5.74, 6) is 0. The zero-order valence-corrected chi connectivity index (χ0v) is 9.70. The average molecular weight is 238 g/mol. The highest BCUT2D eigenvalue weighted by molar-refractivity contribution is 6.13. The topological polar surface area (TPSA) is 89.9 Å². The summed E-state index contributed by atoms with van der Waals surface area (Å²) in [4.78, 5) is 21.4. The van der Waals surface area contributed by atoms with Crippen LogP contribution in [0.3, 0.4) is 0 Å². The van der Waals surface area contributed by atoms with Gasteiger partial charge in [-0.1, -0.05) is 0 Å². The van der Waals surface area contributed by atoms with Crippen molar-refractivity contribution in [2.75, 3.05) is 5.73 Å². The first-order valence-electron chi connectivity index (χ1n) is 5.44. The van der Waals surface area contributed by atoms with E-state index in [1.54, 1.807) is 31.0 Å². The van der Waals surface area contributed by atoms with Crippen molar-refractivity contribution >= 4 is 39.7 Å². The van der Waals surface area contributed by atoms with Crippen molar-refractivity contribution in [1.82, 2.24) is 19.9 Å². The fourth-order valence-electron chi connectivity index (χ4n) is 1.89. The van der Waals surface area contributed by atoms with E-state index in [1.165, 1.54) is 0 Å². The molecule has 0 aliphatic carbocycles. The Bertz CT molecular complexity index is 765. The van der Waals surface area contributed by atoms with Crippen LogP contribution in [0.1, 0.15) is 6.92 Å². The van der Waals surface area contributed by atoms with Crippen molar-refractivity contribution in [3.05, 3.63) is 24.8 Å². The summed E-state index contributed by atoms with van der Waals surface area (Å²) in [6.45, 7) is 1.82. The molecule has 0 saturated heterocycles. The third-order valence-corrected chi connectivity index (χ3v) is 2.61. The molecule has 0 aliphatic rings. The molecule has 2 aromatic heterocycles. The largest absolute Gasteiger partial charge is 0.395 e. The Morgan fingerprint density at radius 2 is 1.39 bits per heavy atom. The SMILES string of the molecule is CC=Nc1c(N)c2nccnc2c2nccnc12. The van der Waals surface area contributed by atoms with E-state index in [-0.39, 0.29) is 0 Å². The Morgan fingerprint density at radius 3 is 2.00 bits per heavy atom. The molecule has 0 atom stereocenters. The quantitative estimate of drug-likeness (QED) is 0.397. The molecule has 0 unspecified atom stereocenters. The molecule has 0 aliphatic heterocycles. The molecule has 0 spiro atoms. The van der Waals surface area contributed by atoms with Gasteiger partial charge in [-0.3, -0.25) is 24.9 Å². The predicted molar refractivity (Wildman–Crippen MR) is 70.9 cm³/mol. The summed E-state index contributed by atoms with van der Waals surface area (Å²) in [5.41, 5.74) is 9.71. The van der Waals surface area contributed by atoms with Gasteiger partial charge in [-0.15, -0.1) is 0 Å². The number of anilines is 1. The van der Waals surface area contributed by atoms with Gasteiger partial charge in [0.1, 0.15) is 27.8 Å². The molecule has 18 heavy (non-hydrogen) atoms. The molecule has 6 heteroatoms. The van der Waals surface area contributed by atoms with Gasteiger partial charge < -0.3 is 5.73 Å². The third-order valence-electron chi connectivity index (χ3n) is 2.61. The Morgan fingerprint density at radius 1 is 0.889 bits per heavy atom. The number of nitrogen functional groups attached to an aromatic ring is 1. The second-order valence-corrected chi connectivity index (χ2v) is 3.66. The number of nitrogens with two attached hydrogens (primary N) is 1. The molecule has 0 amide bonds. The molecule has 3 aromatic rings. The molecule has 6 nitrogen and oxygen atoms in total. The zero-order valence-electron chi connectivity index (χ0n) is 9.70. The summed E-state index contributed by atoms with van der Waals surface area (Å²) < 4.78 is 0. The maximum atomic E-state index is 6.09. The van der Waals surface area contributed by atoms with E-state index in [9.17, 15) is 0 Å². The lowest BCUT2D eigenvalue weighted by Crippen LogP contribution is -1.96. The van der Waals surface area contributed by atoms with E-state index < -0.39 is 0 Å². The highest BCUT2D eigenvalue weighted by Gasteiger charge is 2.14. The maximum absolute atomic E-state index is 6.09. The normalized spacial score (nSPS) is 11.6. The summed E-state index contributed by atoms with van der Waals surface area (Å²) in [6, 6.07) is 0. The molecule has 0 saturated carbocycles. The van der Waals surface area contributed by atoms with E-state index in [2.05, 4.69) is 24.9 Å². The second kappa shape index (κ2) is 3.99. The minimum atomic E-state index is 0.476. The summed E-state index contributed by atoms with van der Waals surface area (Å²) in [6.07, 6.45) is 8.10. The Balaban J connectivity index is 2.62. The summed E-state index contributed by atoms with van der Waals surface area (Å²) in [7, 11) is 0. The van der Waals surface area contributed by atoms with Gasteiger partial charge >= 0.3 is 0 Å². The Kier molecular flexibility index (Phi) is 2.33. The molecule has 0 fully saturated rings. The van der Waals surface area contributed by atoms with Crippen molar-refractivity contribution in [1.29, 1.82) is 0 Å². The Hall–Kier alpha value is -2.63. The lowest BCUT2D eigenvalue weighted by molar-refractivity contribution is 1.26. The van der Waals surface area contributed by atoms with Gasteiger partial charge in [0.05, 0.1) is 5.69 Å². The second-order valence-electron chi connectivity index (χ2n) is 3.66. The molecule has 3 rings (SSSR count). The minimum absolute atomic E-state index is 0.476. The van der Waals surface area contributed by atoms with Gasteiger partial charge in [-0.25, -0.2) is 0 Å². The van der Waals surface area contributed by atoms with Crippen molar-refractivity contribution in [2.45, 2.75) is 6.92 Å². The van der Waals surface area contributed by atoms with Crippen LogP contribution in [0.25, 0.3) is 22.1 Å². The first-order valence-corrected chi connectivity index (χ1v) is 5.44. The highest BCUT2D eigenvalue weighted by atomic mass is 14.9. The van der Waals surface area contributed by atoms with Gasteiger partial charge in [-0.2, -0.15) is 0 Å². The number of aliphatic imine (C=N–C) groups is 1. The monoisotopic (exact) mass is 238 g/mol. The highest BCUT2D eigenvalue weighted by Crippen LogP contribution is 2.35. The summed E-state index contributed by atoms with van der Waals surface area (Å²) in [5, 5.41) is 0. The van der Waals surface area contributed by atoms with Crippen LogP contribution < -0.4 is 5.73 Å². The number of benzene rings is 1. The summed E-state index contributed by atoms with van der Waals surface area (Å²) >= 11 is 0. The van der Waals surface area contributed by atoms with Crippen LogP contribution in [0, 0.1) is 0 Å². The lowest BCUT2D eigenvalue weighted by atomic mass is 10.1. The third kappa shape index (κ3) is 1.39. The van der Waals surface area contributed by atoms with Crippen molar-refractivity contribution in [2.24, 2.45) is 4.99 Å². The minimum Gasteiger partial charge on any atom is -0.395 e. The zero-order chi connectivity index (χ0) is 12.5.